The number of nitrogens with one attached hydrogen (secondary N) is 1. The van der Waals surface area contributed by atoms with Crippen molar-refractivity contribution in [2.75, 3.05) is 18.1 Å². The molecule has 1 saturated carbocycles. The van der Waals surface area contributed by atoms with Crippen molar-refractivity contribution in [1.29, 1.82) is 0 Å². The molecule has 1 aromatic carbocycles. The van der Waals surface area contributed by atoms with Crippen LogP contribution in [0.15, 0.2) is 12.1 Å². The molecule has 0 aromatic heterocycles. The van der Waals surface area contributed by atoms with Crippen LogP contribution in [-0.2, 0) is 0 Å². The van der Waals surface area contributed by atoms with E-state index < -0.39 is 24.3 Å². The second-order valence-electron chi connectivity index (χ2n) is 8.09. The van der Waals surface area contributed by atoms with E-state index in [1.165, 1.54) is 12.5 Å². The predicted octanol–water partition coefficient (Wildman–Crippen LogP) is 3.60. The summed E-state index contributed by atoms with van der Waals surface area (Å²) in [5, 5.41) is 12.4. The van der Waals surface area contributed by atoms with Crippen LogP contribution in [0.2, 0.25) is 0 Å². The Morgan fingerprint density at radius 3 is 2.65 bits per heavy atom. The van der Waals surface area contributed by atoms with Gasteiger partial charge in [-0.25, -0.2) is 4.39 Å². The lowest BCUT2D eigenvalue weighted by molar-refractivity contribution is -0.202. The predicted molar refractivity (Wildman–Crippen MR) is 94.4 cm³/mol. The molecule has 26 heavy (non-hydrogen) atoms. The zero-order chi connectivity index (χ0) is 19.1. The topological polar surface area (TPSA) is 44.7 Å². The minimum absolute atomic E-state index is 0.123. The highest BCUT2D eigenvalue weighted by Gasteiger charge is 2.41. The fourth-order valence-corrected chi connectivity index (χ4v) is 4.22. The average molecular weight is 372 g/mol. The van der Waals surface area contributed by atoms with Crippen LogP contribution in [0.3, 0.4) is 0 Å². The van der Waals surface area contributed by atoms with Gasteiger partial charge in [-0.2, -0.15) is 8.78 Å². The van der Waals surface area contributed by atoms with E-state index >= 15 is 0 Å². The lowest BCUT2D eigenvalue weighted by Crippen LogP contribution is -2.67. The Morgan fingerprint density at radius 1 is 1.31 bits per heavy atom. The Kier molecular flexibility index (Phi) is 5.14. The van der Waals surface area contributed by atoms with Crippen LogP contribution < -0.4 is 15.0 Å². The molecule has 1 aromatic rings. The summed E-state index contributed by atoms with van der Waals surface area (Å²) in [5.74, 6) is -1.35. The molecule has 3 rings (SSSR count). The minimum Gasteiger partial charge on any atom is -0.427 e. The third kappa shape index (κ3) is 3.93. The highest BCUT2D eigenvalue weighted by atomic mass is 19.3. The maximum absolute atomic E-state index is 14.6. The average Bonchev–Trinajstić information content (AvgIpc) is 2.56. The van der Waals surface area contributed by atoms with Crippen LogP contribution in [0, 0.1) is 12.7 Å². The largest absolute Gasteiger partial charge is 0.427 e. The number of alkyl halides is 2. The molecule has 0 unspecified atom stereocenters. The lowest BCUT2D eigenvalue weighted by Gasteiger charge is -2.52. The van der Waals surface area contributed by atoms with E-state index in [0.717, 1.165) is 19.3 Å². The van der Waals surface area contributed by atoms with Gasteiger partial charge in [-0.05, 0) is 45.2 Å². The van der Waals surface area contributed by atoms with E-state index in [4.69, 9.17) is 5.11 Å². The van der Waals surface area contributed by atoms with Crippen LogP contribution in [0.4, 0.5) is 18.9 Å². The van der Waals surface area contributed by atoms with E-state index in [9.17, 15) is 13.2 Å². The molecular weight excluding hydrogens is 345 g/mol. The molecule has 7 heteroatoms. The number of nitrogens with zero attached hydrogens (tertiary/aromatic N) is 1. The third-order valence-corrected chi connectivity index (χ3v) is 5.25. The van der Waals surface area contributed by atoms with Gasteiger partial charge in [0, 0.05) is 35.9 Å². The molecule has 2 fully saturated rings. The molecular formula is C19H27F3N2O2. The van der Waals surface area contributed by atoms with Gasteiger partial charge in [-0.15, -0.1) is 0 Å². The monoisotopic (exact) mass is 372 g/mol. The minimum atomic E-state index is -3.81. The van der Waals surface area contributed by atoms with Crippen molar-refractivity contribution in [2.45, 2.75) is 70.2 Å². The second-order valence-corrected chi connectivity index (χ2v) is 8.09. The number of rotatable bonds is 4. The van der Waals surface area contributed by atoms with Crippen molar-refractivity contribution < 1.29 is 23.0 Å². The Labute approximate surface area is 152 Å². The summed E-state index contributed by atoms with van der Waals surface area (Å²) in [7, 11) is 0. The van der Waals surface area contributed by atoms with Crippen molar-refractivity contribution in [3.8, 4) is 5.75 Å². The molecule has 0 radical (unpaired) electrons. The molecule has 1 heterocycles. The second kappa shape index (κ2) is 6.93. The fourth-order valence-electron chi connectivity index (χ4n) is 4.22. The summed E-state index contributed by atoms with van der Waals surface area (Å²) in [6.07, 6.45) is 0.601. The summed E-state index contributed by atoms with van der Waals surface area (Å²) in [4.78, 5) is 2.20. The van der Waals surface area contributed by atoms with E-state index in [2.05, 4.69) is 28.8 Å². The zero-order valence-electron chi connectivity index (χ0n) is 15.5. The maximum atomic E-state index is 14.6. The number of aliphatic hydroxyl groups is 1. The van der Waals surface area contributed by atoms with Crippen LogP contribution in [-0.4, -0.2) is 42.0 Å². The lowest BCUT2D eigenvalue weighted by atomic mass is 9.83. The standard InChI is InChI=1S/C19H27F3N2O2/c1-12-8-13(9-14(20)17(12)26-19(21,22)11-25)24-10-18(2,3)23-15-6-4-5-7-16(15)24/h8-9,15-16,23,25H,4-7,10-11H2,1-3H3/t15-,16+/m1/s1. The molecule has 146 valence electrons. The van der Waals surface area contributed by atoms with Crippen molar-refractivity contribution in [2.24, 2.45) is 0 Å². The van der Waals surface area contributed by atoms with E-state index in [1.807, 2.05) is 0 Å². The Hall–Kier alpha value is -1.47. The van der Waals surface area contributed by atoms with E-state index in [0.29, 0.717) is 18.3 Å². The number of ether oxygens (including phenoxy) is 1. The van der Waals surface area contributed by atoms with Gasteiger partial charge >= 0.3 is 6.11 Å². The number of anilines is 1. The van der Waals surface area contributed by atoms with Crippen LogP contribution >= 0.6 is 0 Å². The number of piperazine rings is 1. The van der Waals surface area contributed by atoms with Crippen molar-refractivity contribution >= 4 is 5.69 Å². The number of halogens is 3. The number of hydrogen-bond donors (Lipinski definition) is 2. The van der Waals surface area contributed by atoms with Gasteiger partial charge in [0.25, 0.3) is 0 Å². The van der Waals surface area contributed by atoms with Crippen molar-refractivity contribution in [3.05, 3.63) is 23.5 Å². The molecule has 1 saturated heterocycles. The van der Waals surface area contributed by atoms with Gasteiger partial charge in [0.15, 0.2) is 11.6 Å². The molecule has 0 spiro atoms. The molecule has 2 atom stereocenters. The third-order valence-electron chi connectivity index (χ3n) is 5.25. The zero-order valence-corrected chi connectivity index (χ0v) is 15.5. The first-order valence-electron chi connectivity index (χ1n) is 9.14. The fraction of sp³-hybridized carbons (Fsp3) is 0.684. The summed E-state index contributed by atoms with van der Waals surface area (Å²) in [6, 6.07) is 3.56. The number of fused-ring (bicyclic) bond motifs is 1. The Morgan fingerprint density at radius 2 is 2.00 bits per heavy atom. The van der Waals surface area contributed by atoms with Gasteiger partial charge in [-0.1, -0.05) is 12.8 Å². The van der Waals surface area contributed by atoms with Crippen LogP contribution in [0.5, 0.6) is 5.75 Å². The molecule has 1 aliphatic carbocycles. The first-order chi connectivity index (χ1) is 12.1. The van der Waals surface area contributed by atoms with Crippen molar-refractivity contribution in [1.82, 2.24) is 5.32 Å². The highest BCUT2D eigenvalue weighted by molar-refractivity contribution is 5.55. The summed E-state index contributed by atoms with van der Waals surface area (Å²) in [6.45, 7) is 4.99. The smallest absolute Gasteiger partial charge is 0.421 e. The van der Waals surface area contributed by atoms with Crippen LogP contribution in [0.1, 0.15) is 45.1 Å². The summed E-state index contributed by atoms with van der Waals surface area (Å²) in [5.41, 5.74) is 0.852. The molecule has 1 aliphatic heterocycles. The molecule has 0 amide bonds. The number of aryl methyl sites for hydroxylation is 1. The van der Waals surface area contributed by atoms with Gasteiger partial charge in [0.1, 0.15) is 6.61 Å². The summed E-state index contributed by atoms with van der Waals surface area (Å²) < 4.78 is 45.6. The Bertz CT molecular complexity index is 643. The molecule has 2 N–H and O–H groups in total. The molecule has 0 bridgehead atoms. The quantitative estimate of drug-likeness (QED) is 0.848. The van der Waals surface area contributed by atoms with Crippen LogP contribution in [0.25, 0.3) is 0 Å². The van der Waals surface area contributed by atoms with E-state index in [-0.39, 0.29) is 17.1 Å². The highest BCUT2D eigenvalue weighted by Crippen LogP contribution is 2.37. The first-order valence-corrected chi connectivity index (χ1v) is 9.14. The van der Waals surface area contributed by atoms with Crippen molar-refractivity contribution in [3.63, 3.8) is 0 Å². The van der Waals surface area contributed by atoms with Gasteiger partial charge in [-0.3, -0.25) is 0 Å². The molecule has 2 aliphatic rings. The first kappa shape index (κ1) is 19.3. The normalized spacial score (nSPS) is 25.7. The Balaban J connectivity index is 1.92. The number of aliphatic hydroxyl groups excluding tert-OH is 1. The molecule has 4 nitrogen and oxygen atoms in total. The summed E-state index contributed by atoms with van der Waals surface area (Å²) >= 11 is 0. The maximum Gasteiger partial charge on any atom is 0.421 e. The van der Waals surface area contributed by atoms with E-state index in [1.54, 1.807) is 13.0 Å². The number of benzene rings is 1. The van der Waals surface area contributed by atoms with Gasteiger partial charge < -0.3 is 20.1 Å². The van der Waals surface area contributed by atoms with Gasteiger partial charge in [0.2, 0.25) is 0 Å². The van der Waals surface area contributed by atoms with Gasteiger partial charge in [0.05, 0.1) is 0 Å². The number of hydrogen-bond acceptors (Lipinski definition) is 4. The SMILES string of the molecule is Cc1cc(N2CC(C)(C)N[C@@H]3CCCC[C@@H]32)cc(F)c1OC(F)(F)CO.